The van der Waals surface area contributed by atoms with Crippen molar-refractivity contribution in [3.63, 3.8) is 0 Å². The Balaban J connectivity index is 2.73. The molecule has 14 heavy (non-hydrogen) atoms. The standard InChI is InChI=1S/C9H12F3NO/c1-2-5-13-8(9(10,11)12)7-4-3-6-14-7/h3-4,6,8,13H,2,5H2,1H3. The first kappa shape index (κ1) is 11.1. The summed E-state index contributed by atoms with van der Waals surface area (Å²) in [6, 6.07) is 1.07. The summed E-state index contributed by atoms with van der Waals surface area (Å²) in [4.78, 5) is 0. The Morgan fingerprint density at radius 1 is 1.50 bits per heavy atom. The van der Waals surface area contributed by atoms with Gasteiger partial charge in [0.05, 0.1) is 6.26 Å². The van der Waals surface area contributed by atoms with Crippen LogP contribution in [-0.4, -0.2) is 12.7 Å². The molecule has 0 aromatic carbocycles. The van der Waals surface area contributed by atoms with Gasteiger partial charge in [0.1, 0.15) is 5.76 Å². The van der Waals surface area contributed by atoms with Crippen molar-refractivity contribution in [2.24, 2.45) is 0 Å². The van der Waals surface area contributed by atoms with E-state index in [0.717, 1.165) is 0 Å². The summed E-state index contributed by atoms with van der Waals surface area (Å²) in [6.45, 7) is 2.12. The molecule has 0 amide bonds. The van der Waals surface area contributed by atoms with Gasteiger partial charge >= 0.3 is 6.18 Å². The molecule has 0 spiro atoms. The van der Waals surface area contributed by atoms with Crippen LogP contribution in [-0.2, 0) is 0 Å². The van der Waals surface area contributed by atoms with Gasteiger partial charge < -0.3 is 4.42 Å². The number of alkyl halides is 3. The lowest BCUT2D eigenvalue weighted by atomic mass is 10.2. The molecule has 80 valence electrons. The fourth-order valence-corrected chi connectivity index (χ4v) is 1.12. The second-order valence-electron chi connectivity index (χ2n) is 2.94. The molecule has 0 aliphatic heterocycles. The van der Waals surface area contributed by atoms with Crippen LogP contribution in [0.25, 0.3) is 0 Å². The molecule has 0 aliphatic rings. The van der Waals surface area contributed by atoms with Crippen LogP contribution in [0.15, 0.2) is 22.8 Å². The Morgan fingerprint density at radius 3 is 2.64 bits per heavy atom. The fourth-order valence-electron chi connectivity index (χ4n) is 1.12. The van der Waals surface area contributed by atoms with E-state index in [9.17, 15) is 13.2 Å². The predicted molar refractivity (Wildman–Crippen MR) is 45.8 cm³/mol. The van der Waals surface area contributed by atoms with Gasteiger partial charge in [-0.3, -0.25) is 5.32 Å². The van der Waals surface area contributed by atoms with E-state index in [2.05, 4.69) is 5.32 Å². The Labute approximate surface area is 80.1 Å². The lowest BCUT2D eigenvalue weighted by Gasteiger charge is -2.19. The summed E-state index contributed by atoms with van der Waals surface area (Å²) >= 11 is 0. The molecule has 0 radical (unpaired) electrons. The van der Waals surface area contributed by atoms with E-state index < -0.39 is 12.2 Å². The first-order valence-electron chi connectivity index (χ1n) is 4.39. The molecule has 0 bridgehead atoms. The van der Waals surface area contributed by atoms with Crippen molar-refractivity contribution in [3.05, 3.63) is 24.2 Å². The van der Waals surface area contributed by atoms with Crippen LogP contribution in [0, 0.1) is 0 Å². The van der Waals surface area contributed by atoms with Gasteiger partial charge in [0, 0.05) is 0 Å². The minimum Gasteiger partial charge on any atom is -0.467 e. The lowest BCUT2D eigenvalue weighted by Crippen LogP contribution is -2.34. The van der Waals surface area contributed by atoms with E-state index in [-0.39, 0.29) is 5.76 Å². The molecular formula is C9H12F3NO. The topological polar surface area (TPSA) is 25.2 Å². The van der Waals surface area contributed by atoms with Crippen LogP contribution >= 0.6 is 0 Å². The molecule has 2 nitrogen and oxygen atoms in total. The van der Waals surface area contributed by atoms with E-state index in [1.807, 2.05) is 6.92 Å². The van der Waals surface area contributed by atoms with Crippen LogP contribution in [0.4, 0.5) is 13.2 Å². The summed E-state index contributed by atoms with van der Waals surface area (Å²) in [7, 11) is 0. The van der Waals surface area contributed by atoms with Crippen molar-refractivity contribution in [1.29, 1.82) is 0 Å². The second-order valence-corrected chi connectivity index (χ2v) is 2.94. The normalized spacial score (nSPS) is 14.3. The van der Waals surface area contributed by atoms with E-state index >= 15 is 0 Å². The maximum Gasteiger partial charge on any atom is 0.410 e. The predicted octanol–water partition coefficient (Wildman–Crippen LogP) is 2.88. The molecule has 5 heteroatoms. The van der Waals surface area contributed by atoms with Crippen molar-refractivity contribution >= 4 is 0 Å². The lowest BCUT2D eigenvalue weighted by molar-refractivity contribution is -0.161. The molecular weight excluding hydrogens is 195 g/mol. The highest BCUT2D eigenvalue weighted by Crippen LogP contribution is 2.32. The number of hydrogen-bond acceptors (Lipinski definition) is 2. The molecule has 1 aromatic heterocycles. The van der Waals surface area contributed by atoms with Crippen molar-refractivity contribution in [1.82, 2.24) is 5.32 Å². The third-order valence-corrected chi connectivity index (χ3v) is 1.75. The van der Waals surface area contributed by atoms with E-state index in [1.54, 1.807) is 0 Å². The van der Waals surface area contributed by atoms with Crippen LogP contribution in [0.2, 0.25) is 0 Å². The SMILES string of the molecule is CCCNC(c1ccco1)C(F)(F)F. The van der Waals surface area contributed by atoms with Gasteiger partial charge in [-0.1, -0.05) is 6.92 Å². The van der Waals surface area contributed by atoms with Crippen molar-refractivity contribution in [3.8, 4) is 0 Å². The number of rotatable bonds is 4. The van der Waals surface area contributed by atoms with Crippen LogP contribution in [0.3, 0.4) is 0 Å². The zero-order valence-corrected chi connectivity index (χ0v) is 7.77. The molecule has 1 aromatic rings. The number of nitrogens with one attached hydrogen (secondary N) is 1. The molecule has 1 N–H and O–H groups in total. The maximum atomic E-state index is 12.5. The third-order valence-electron chi connectivity index (χ3n) is 1.75. The number of halogens is 3. The van der Waals surface area contributed by atoms with Gasteiger partial charge in [-0.05, 0) is 25.1 Å². The maximum absolute atomic E-state index is 12.5. The number of hydrogen-bond donors (Lipinski definition) is 1. The summed E-state index contributed by atoms with van der Waals surface area (Å²) in [5.41, 5.74) is 0. The first-order chi connectivity index (χ1) is 6.55. The van der Waals surface area contributed by atoms with Crippen molar-refractivity contribution in [2.45, 2.75) is 25.6 Å². The Bertz CT molecular complexity index is 256. The van der Waals surface area contributed by atoms with Gasteiger partial charge in [-0.2, -0.15) is 13.2 Å². The molecule has 1 heterocycles. The monoisotopic (exact) mass is 207 g/mol. The van der Waals surface area contributed by atoms with E-state index in [0.29, 0.717) is 13.0 Å². The Morgan fingerprint density at radius 2 is 2.21 bits per heavy atom. The average Bonchev–Trinajstić information content (AvgIpc) is 2.55. The molecule has 0 saturated carbocycles. The first-order valence-corrected chi connectivity index (χ1v) is 4.39. The highest BCUT2D eigenvalue weighted by Gasteiger charge is 2.42. The molecule has 0 aliphatic carbocycles. The largest absolute Gasteiger partial charge is 0.467 e. The van der Waals surface area contributed by atoms with Crippen LogP contribution in [0.1, 0.15) is 25.1 Å². The molecule has 1 unspecified atom stereocenters. The zero-order valence-electron chi connectivity index (χ0n) is 7.77. The Hall–Kier alpha value is -0.970. The third kappa shape index (κ3) is 2.77. The summed E-state index contributed by atoms with van der Waals surface area (Å²) in [5, 5.41) is 2.39. The van der Waals surface area contributed by atoms with Crippen molar-refractivity contribution < 1.29 is 17.6 Å². The minimum atomic E-state index is -4.31. The van der Waals surface area contributed by atoms with Crippen molar-refractivity contribution in [2.75, 3.05) is 6.54 Å². The Kier molecular flexibility index (Phi) is 3.57. The quantitative estimate of drug-likeness (QED) is 0.821. The van der Waals surface area contributed by atoms with Gasteiger partial charge in [-0.15, -0.1) is 0 Å². The van der Waals surface area contributed by atoms with Gasteiger partial charge in [-0.25, -0.2) is 0 Å². The van der Waals surface area contributed by atoms with E-state index in [4.69, 9.17) is 4.42 Å². The number of furan rings is 1. The van der Waals surface area contributed by atoms with Gasteiger partial charge in [0.25, 0.3) is 0 Å². The average molecular weight is 207 g/mol. The fraction of sp³-hybridized carbons (Fsp3) is 0.556. The molecule has 0 fully saturated rings. The smallest absolute Gasteiger partial charge is 0.410 e. The molecule has 0 saturated heterocycles. The van der Waals surface area contributed by atoms with Crippen LogP contribution < -0.4 is 5.32 Å². The zero-order chi connectivity index (χ0) is 10.6. The summed E-state index contributed by atoms with van der Waals surface area (Å²) in [5.74, 6) is -0.0917. The molecule has 1 atom stereocenters. The second kappa shape index (κ2) is 4.50. The van der Waals surface area contributed by atoms with Gasteiger partial charge in [0.2, 0.25) is 0 Å². The minimum absolute atomic E-state index is 0.0917. The van der Waals surface area contributed by atoms with Gasteiger partial charge in [0.15, 0.2) is 6.04 Å². The summed E-state index contributed by atoms with van der Waals surface area (Å²) < 4.78 is 42.2. The van der Waals surface area contributed by atoms with E-state index in [1.165, 1.54) is 18.4 Å². The van der Waals surface area contributed by atoms with Crippen LogP contribution in [0.5, 0.6) is 0 Å². The highest BCUT2D eigenvalue weighted by molar-refractivity contribution is 5.06. The summed E-state index contributed by atoms with van der Waals surface area (Å²) in [6.07, 6.45) is -2.43. The molecule has 1 rings (SSSR count). The highest BCUT2D eigenvalue weighted by atomic mass is 19.4.